The predicted molar refractivity (Wildman–Crippen MR) is 224 cm³/mol. The summed E-state index contributed by atoms with van der Waals surface area (Å²) in [4.78, 5) is 37.8. The first-order valence-electron chi connectivity index (χ1n) is 21.0. The molecule has 20 heteroatoms. The molecule has 0 aromatic heterocycles. The van der Waals surface area contributed by atoms with Gasteiger partial charge in [-0.3, -0.25) is 0 Å². The van der Waals surface area contributed by atoms with Gasteiger partial charge < -0.3 is 164 Å². The molecule has 0 saturated heterocycles. The predicted octanol–water partition coefficient (Wildman–Crippen LogP) is -11.6. The third-order valence-electron chi connectivity index (χ3n) is 7.89. The number of Topliss-reactive ketones (excluding diaryl/α,β-unsaturated/α-hetero) is 4. The van der Waals surface area contributed by atoms with Crippen LogP contribution in [0.25, 0.3) is 0 Å². The van der Waals surface area contributed by atoms with Crippen molar-refractivity contribution in [2.75, 3.05) is 52.4 Å². The van der Waals surface area contributed by atoms with Crippen LogP contribution in [0.3, 0.4) is 0 Å². The van der Waals surface area contributed by atoms with Crippen LogP contribution >= 0.6 is 0 Å². The number of nitrogens with zero attached hydrogens (tertiary/aromatic N) is 2. The summed E-state index contributed by atoms with van der Waals surface area (Å²) in [5, 5.41) is 0. The molecule has 0 atom stereocenters. The second kappa shape index (κ2) is 110. The zero-order valence-electron chi connectivity index (χ0n) is 42.8. The monoisotopic (exact) mass is 1930 g/mol. The van der Waals surface area contributed by atoms with Crippen LogP contribution in [-0.4, -0.2) is 84.5 Å². The summed E-state index contributed by atoms with van der Waals surface area (Å²) in [6.07, 6.45) is 22.1. The van der Waals surface area contributed by atoms with Gasteiger partial charge in [0.1, 0.15) is 23.1 Å². The van der Waals surface area contributed by atoms with E-state index in [-0.39, 0.29) is 280 Å². The summed E-state index contributed by atoms with van der Waals surface area (Å²) in [6, 6.07) is 0. The van der Waals surface area contributed by atoms with E-state index in [1.807, 2.05) is 0 Å². The number of rotatable bonds is 24. The number of ketones is 4. The molecule has 0 bridgehead atoms. The zero-order valence-corrected chi connectivity index (χ0v) is 66.6. The van der Waals surface area contributed by atoms with E-state index < -0.39 is 0 Å². The molecule has 0 aliphatic carbocycles. The molecule has 0 fully saturated rings. The van der Waals surface area contributed by atoms with Crippen molar-refractivity contribution in [1.82, 2.24) is 0 Å². The van der Waals surface area contributed by atoms with Gasteiger partial charge in [0.25, 0.3) is 0 Å². The van der Waals surface area contributed by atoms with Crippen LogP contribution in [0.15, 0.2) is 0 Å². The molecule has 0 rings (SSSR count). The second-order valence-corrected chi connectivity index (χ2v) is 14.9. The molecular weight excluding hydrogens is 1850 g/mol. The Hall–Kier alpha value is 6.34. The van der Waals surface area contributed by atoms with Gasteiger partial charge in [0.2, 0.25) is 0 Å². The smallest absolute Gasteiger partial charge is 0.126 e. The topological polar surface area (TPSA) is 68.3 Å². The van der Waals surface area contributed by atoms with Gasteiger partial charge in [-0.2, -0.15) is 0 Å². The summed E-state index contributed by atoms with van der Waals surface area (Å²) in [6.45, 7) is 42.3. The molecular formula is C44H96Br8N2O4Tc6-6. The Morgan fingerprint density at radius 2 is 0.297 bits per heavy atom. The van der Waals surface area contributed by atoms with Crippen molar-refractivity contribution in [3.8, 4) is 0 Å². The minimum absolute atomic E-state index is 0. The molecule has 0 aromatic carbocycles. The first-order valence-corrected chi connectivity index (χ1v) is 21.0. The molecule has 0 unspecified atom stereocenters. The fraction of sp³-hybridized carbons (Fsp3) is 0.909. The molecule has 0 aliphatic rings. The van der Waals surface area contributed by atoms with Gasteiger partial charge in [0, 0.05) is 121 Å². The number of hydrogen-bond acceptors (Lipinski definition) is 4. The normalized spacial score (nSPS) is 8.00. The van der Waals surface area contributed by atoms with Crippen molar-refractivity contribution >= 4 is 23.1 Å². The molecule has 410 valence electrons. The Morgan fingerprint density at radius 3 is 0.344 bits per heavy atom. The average molecular weight is 1940 g/mol. The van der Waals surface area contributed by atoms with Crippen LogP contribution in [0.5, 0.6) is 0 Å². The molecule has 0 heterocycles. The van der Waals surface area contributed by atoms with E-state index >= 15 is 0 Å². The standard InChI is InChI=1S/2C16H36N.4C3H6O.8BrH.6Tc/c2*1-5-9-13-17(14-10-6-2,15-11-7-3)16-12-8-4;4*1-3(2)4;;;;;;;;;;;;;;/h2*5-16H2,1-4H3;4*1-2H3;8*1H;;;;;;/q2*+1;;;;;;;;;;;;;;;;;;/p-8. The number of quaternary nitrogens is 2. The Morgan fingerprint density at radius 1 is 0.234 bits per heavy atom. The molecule has 0 spiro atoms. The first kappa shape index (κ1) is 133. The van der Waals surface area contributed by atoms with Crippen molar-refractivity contribution in [1.29, 1.82) is 0 Å². The van der Waals surface area contributed by atoms with Crippen LogP contribution in [0.2, 0.25) is 0 Å². The summed E-state index contributed by atoms with van der Waals surface area (Å²) < 4.78 is 2.84. The zero-order chi connectivity index (χ0) is 40.3. The van der Waals surface area contributed by atoms with E-state index in [1.165, 1.54) is 219 Å². The van der Waals surface area contributed by atoms with Gasteiger partial charge in [-0.05, 0) is 107 Å². The molecule has 0 aromatic rings. The Kier molecular flexibility index (Phi) is 229. The first-order chi connectivity index (χ1) is 23.4. The van der Waals surface area contributed by atoms with E-state index in [0.29, 0.717) is 0 Å². The van der Waals surface area contributed by atoms with Crippen molar-refractivity contribution in [3.05, 3.63) is 0 Å². The molecule has 64 heavy (non-hydrogen) atoms. The maximum absolute atomic E-state index is 9.44. The van der Waals surface area contributed by atoms with E-state index in [9.17, 15) is 19.2 Å². The minimum Gasteiger partial charge on any atom is -1.00 e. The number of unbranched alkanes of at least 4 members (excludes halogenated alkanes) is 8. The Balaban J connectivity index is -0.0000000215. The van der Waals surface area contributed by atoms with Crippen LogP contribution in [0, 0.1) is 0 Å². The number of carbonyl (C=O) groups is 4. The van der Waals surface area contributed by atoms with Crippen molar-refractivity contribution in [2.45, 2.75) is 214 Å². The van der Waals surface area contributed by atoms with E-state index in [0.717, 1.165) is 0 Å². The van der Waals surface area contributed by atoms with Gasteiger partial charge in [0.15, 0.2) is 0 Å². The van der Waals surface area contributed by atoms with E-state index in [4.69, 9.17) is 0 Å². The van der Waals surface area contributed by atoms with E-state index in [2.05, 4.69) is 55.4 Å². The van der Waals surface area contributed by atoms with Crippen LogP contribution < -0.4 is 136 Å². The minimum atomic E-state index is 0. The fourth-order valence-electron chi connectivity index (χ4n) is 5.29. The maximum atomic E-state index is 9.44. The Labute approximate surface area is 565 Å². The number of halogens is 8. The molecule has 6 radical (unpaired) electrons. The molecule has 0 N–H and O–H groups in total. The largest absolute Gasteiger partial charge is 1.00 e. The SMILES string of the molecule is CC(C)=O.CC(C)=O.CC(C)=O.CC(C)=O.CCCC[N+](CCCC)(CCCC)CCCC.CCCC[N+](CCCC)(CCCC)CCCC.[Br-].[Br-].[Br-].[Br-].[Br-].[Br-].[Br-].[Br-].[Tc].[Tc].[Tc].[Tc].[Tc].[Tc]. The third kappa shape index (κ3) is 144. The van der Waals surface area contributed by atoms with Crippen LogP contribution in [0.4, 0.5) is 0 Å². The van der Waals surface area contributed by atoms with Crippen molar-refractivity contribution in [2.24, 2.45) is 0 Å². The van der Waals surface area contributed by atoms with Gasteiger partial charge in [0.05, 0.1) is 52.4 Å². The summed E-state index contributed by atoms with van der Waals surface area (Å²) in [7, 11) is 0. The third-order valence-corrected chi connectivity index (χ3v) is 7.89. The summed E-state index contributed by atoms with van der Waals surface area (Å²) in [5.74, 6) is 0.667. The average Bonchev–Trinajstić information content (AvgIpc) is 3.02. The van der Waals surface area contributed by atoms with Crippen LogP contribution in [-0.2, 0) is 140 Å². The fourth-order valence-corrected chi connectivity index (χ4v) is 5.29. The molecule has 0 saturated carbocycles. The Bertz CT molecular complexity index is 608. The molecule has 0 aliphatic heterocycles. The van der Waals surface area contributed by atoms with Gasteiger partial charge in [-0.25, -0.2) is 0 Å². The van der Waals surface area contributed by atoms with Crippen molar-refractivity contribution in [3.63, 3.8) is 0 Å². The number of hydrogen-bond donors (Lipinski definition) is 0. The number of carbonyl (C=O) groups excluding carboxylic acids is 4. The van der Waals surface area contributed by atoms with Crippen molar-refractivity contribution < 1.29 is 285 Å². The van der Waals surface area contributed by atoms with E-state index in [1.54, 1.807) is 0 Å². The molecule has 6 nitrogen and oxygen atoms in total. The van der Waals surface area contributed by atoms with Gasteiger partial charge in [-0.1, -0.05) is 107 Å². The van der Waals surface area contributed by atoms with Crippen LogP contribution in [0.1, 0.15) is 214 Å². The van der Waals surface area contributed by atoms with Gasteiger partial charge >= 0.3 is 0 Å². The summed E-state index contributed by atoms with van der Waals surface area (Å²) in [5.41, 5.74) is 0. The maximum Gasteiger partial charge on any atom is 0.126 e. The summed E-state index contributed by atoms with van der Waals surface area (Å²) >= 11 is 0. The van der Waals surface area contributed by atoms with Gasteiger partial charge in [-0.15, -0.1) is 0 Å². The molecule has 0 amide bonds. The quantitative estimate of drug-likeness (QED) is 0.0903. The second-order valence-electron chi connectivity index (χ2n) is 14.9.